The van der Waals surface area contributed by atoms with Gasteiger partial charge in [-0.2, -0.15) is 5.10 Å². The number of hydrazone groups is 1. The van der Waals surface area contributed by atoms with Crippen LogP contribution >= 0.6 is 0 Å². The highest BCUT2D eigenvalue weighted by Gasteiger charge is 2.18. The molecule has 0 aliphatic carbocycles. The molecule has 0 N–H and O–H groups in total. The number of ether oxygens (including phenoxy) is 1. The van der Waals surface area contributed by atoms with Gasteiger partial charge >= 0.3 is 0 Å². The van der Waals surface area contributed by atoms with Crippen LogP contribution in [-0.2, 0) is 0 Å². The molecule has 2 heterocycles. The quantitative estimate of drug-likeness (QED) is 0.872. The summed E-state index contributed by atoms with van der Waals surface area (Å²) in [6.45, 7) is 5.41. The third-order valence-electron chi connectivity index (χ3n) is 4.01. The molecule has 0 spiro atoms. The molecule has 120 valence electrons. The van der Waals surface area contributed by atoms with E-state index in [-0.39, 0.29) is 11.5 Å². The average Bonchev–Trinajstić information content (AvgIpc) is 2.95. The summed E-state index contributed by atoms with van der Waals surface area (Å²) in [6.07, 6.45) is 3.84. The molecule has 1 aromatic heterocycles. The SMILES string of the molecule is CCOc1ccc(-n2cc(C3C=NN(C)C3)ccc2=O)c(C)c1. The number of aryl methyl sites for hydroxylation is 1. The summed E-state index contributed by atoms with van der Waals surface area (Å²) < 4.78 is 7.22. The van der Waals surface area contributed by atoms with Gasteiger partial charge in [0.05, 0.1) is 12.3 Å². The fourth-order valence-electron chi connectivity index (χ4n) is 2.83. The second-order valence-electron chi connectivity index (χ2n) is 5.76. The Morgan fingerprint density at radius 1 is 1.30 bits per heavy atom. The third kappa shape index (κ3) is 3.13. The molecule has 0 bridgehead atoms. The van der Waals surface area contributed by atoms with E-state index < -0.39 is 0 Å². The lowest BCUT2D eigenvalue weighted by Gasteiger charge is -2.15. The van der Waals surface area contributed by atoms with E-state index in [9.17, 15) is 4.79 Å². The van der Waals surface area contributed by atoms with Gasteiger partial charge < -0.3 is 4.74 Å². The zero-order chi connectivity index (χ0) is 16.4. The van der Waals surface area contributed by atoms with Crippen LogP contribution in [0.2, 0.25) is 0 Å². The van der Waals surface area contributed by atoms with Crippen molar-refractivity contribution in [1.82, 2.24) is 9.58 Å². The van der Waals surface area contributed by atoms with E-state index in [2.05, 4.69) is 5.10 Å². The molecule has 1 unspecified atom stereocenters. The van der Waals surface area contributed by atoms with E-state index in [1.165, 1.54) is 0 Å². The van der Waals surface area contributed by atoms with E-state index in [4.69, 9.17) is 4.74 Å². The standard InChI is InChI=1S/C18H21N3O2/c1-4-23-16-6-7-17(13(2)9-16)21-12-14(5-8-18(21)22)15-10-19-20(3)11-15/h5-10,12,15H,4,11H2,1-3H3. The Hall–Kier alpha value is -2.56. The average molecular weight is 311 g/mol. The van der Waals surface area contributed by atoms with Crippen LogP contribution in [0, 0.1) is 6.92 Å². The number of hydrogen-bond acceptors (Lipinski definition) is 4. The number of likely N-dealkylation sites (N-methyl/N-ethyl adjacent to an activating group) is 1. The minimum atomic E-state index is -0.0377. The summed E-state index contributed by atoms with van der Waals surface area (Å²) >= 11 is 0. The first-order valence-corrected chi connectivity index (χ1v) is 7.80. The molecule has 1 aliphatic heterocycles. The van der Waals surface area contributed by atoms with Gasteiger partial charge in [0, 0.05) is 38.0 Å². The van der Waals surface area contributed by atoms with Gasteiger partial charge in [-0.3, -0.25) is 14.4 Å². The number of rotatable bonds is 4. The van der Waals surface area contributed by atoms with Crippen LogP contribution in [-0.4, -0.2) is 36.0 Å². The number of benzene rings is 1. The second kappa shape index (κ2) is 6.28. The maximum atomic E-state index is 12.3. The zero-order valence-corrected chi connectivity index (χ0v) is 13.7. The first kappa shape index (κ1) is 15.3. The molecule has 1 aromatic carbocycles. The van der Waals surface area contributed by atoms with Crippen molar-refractivity contribution in [3.63, 3.8) is 0 Å². The van der Waals surface area contributed by atoms with Crippen molar-refractivity contribution in [3.05, 3.63) is 58.0 Å². The highest BCUT2D eigenvalue weighted by atomic mass is 16.5. The van der Waals surface area contributed by atoms with Crippen LogP contribution in [0.15, 0.2) is 46.4 Å². The molecule has 0 radical (unpaired) electrons. The fraction of sp³-hybridized carbons (Fsp3) is 0.333. The Bertz CT molecular complexity index is 795. The highest BCUT2D eigenvalue weighted by molar-refractivity contribution is 5.69. The number of hydrogen-bond donors (Lipinski definition) is 0. The summed E-state index contributed by atoms with van der Waals surface area (Å²) in [5, 5.41) is 6.18. The second-order valence-corrected chi connectivity index (χ2v) is 5.76. The molecule has 0 saturated heterocycles. The van der Waals surface area contributed by atoms with Gasteiger partial charge in [-0.15, -0.1) is 0 Å². The van der Waals surface area contributed by atoms with Gasteiger partial charge in [0.25, 0.3) is 5.56 Å². The Kier molecular flexibility index (Phi) is 4.19. The maximum absolute atomic E-state index is 12.3. The van der Waals surface area contributed by atoms with Gasteiger partial charge in [0.15, 0.2) is 0 Å². The van der Waals surface area contributed by atoms with Crippen molar-refractivity contribution in [1.29, 1.82) is 0 Å². The highest BCUT2D eigenvalue weighted by Crippen LogP contribution is 2.22. The summed E-state index contributed by atoms with van der Waals surface area (Å²) in [5.41, 5.74) is 2.94. The topological polar surface area (TPSA) is 46.8 Å². The summed E-state index contributed by atoms with van der Waals surface area (Å²) in [5.74, 6) is 1.04. The van der Waals surface area contributed by atoms with E-state index in [1.54, 1.807) is 10.6 Å². The molecule has 23 heavy (non-hydrogen) atoms. The smallest absolute Gasteiger partial charge is 0.255 e. The Labute approximate surface area is 135 Å². The minimum Gasteiger partial charge on any atom is -0.494 e. The molecule has 3 rings (SSSR count). The zero-order valence-electron chi connectivity index (χ0n) is 13.7. The molecule has 5 heteroatoms. The lowest BCUT2D eigenvalue weighted by molar-refractivity contribution is 0.340. The Morgan fingerprint density at radius 3 is 2.78 bits per heavy atom. The summed E-state index contributed by atoms with van der Waals surface area (Å²) in [7, 11) is 1.95. The lowest BCUT2D eigenvalue weighted by atomic mass is 10.0. The van der Waals surface area contributed by atoms with Gasteiger partial charge in [-0.1, -0.05) is 6.07 Å². The molecule has 0 amide bonds. The third-order valence-corrected chi connectivity index (χ3v) is 4.01. The summed E-state index contributed by atoms with van der Waals surface area (Å²) in [4.78, 5) is 12.3. The number of pyridine rings is 1. The molecule has 2 aromatic rings. The predicted molar refractivity (Wildman–Crippen MR) is 91.8 cm³/mol. The minimum absolute atomic E-state index is 0.0377. The predicted octanol–water partition coefficient (Wildman–Crippen LogP) is 2.56. The first-order chi connectivity index (χ1) is 11.1. The van der Waals surface area contributed by atoms with Crippen LogP contribution in [0.5, 0.6) is 5.75 Å². The maximum Gasteiger partial charge on any atom is 0.255 e. The van der Waals surface area contributed by atoms with Gasteiger partial charge in [0.2, 0.25) is 0 Å². The Morgan fingerprint density at radius 2 is 2.13 bits per heavy atom. The van der Waals surface area contributed by atoms with Crippen molar-refractivity contribution >= 4 is 6.21 Å². The van der Waals surface area contributed by atoms with Crippen molar-refractivity contribution in [3.8, 4) is 11.4 Å². The largest absolute Gasteiger partial charge is 0.494 e. The monoisotopic (exact) mass is 311 g/mol. The molecule has 1 aliphatic rings. The van der Waals surface area contributed by atoms with Crippen molar-refractivity contribution in [2.75, 3.05) is 20.2 Å². The summed E-state index contributed by atoms with van der Waals surface area (Å²) in [6, 6.07) is 9.30. The molecular formula is C18H21N3O2. The lowest BCUT2D eigenvalue weighted by Crippen LogP contribution is -2.20. The van der Waals surface area contributed by atoms with Crippen LogP contribution in [0.4, 0.5) is 0 Å². The van der Waals surface area contributed by atoms with E-state index in [0.717, 1.165) is 29.1 Å². The van der Waals surface area contributed by atoms with Gasteiger partial charge in [0.1, 0.15) is 5.75 Å². The van der Waals surface area contributed by atoms with Crippen LogP contribution in [0.25, 0.3) is 5.69 Å². The van der Waals surface area contributed by atoms with Crippen LogP contribution in [0.3, 0.4) is 0 Å². The van der Waals surface area contributed by atoms with E-state index in [0.29, 0.717) is 6.61 Å². The Balaban J connectivity index is 1.99. The van der Waals surface area contributed by atoms with E-state index in [1.807, 2.05) is 62.6 Å². The number of aromatic nitrogens is 1. The first-order valence-electron chi connectivity index (χ1n) is 7.80. The molecule has 0 saturated carbocycles. The van der Waals surface area contributed by atoms with Crippen molar-refractivity contribution in [2.24, 2.45) is 5.10 Å². The van der Waals surface area contributed by atoms with E-state index >= 15 is 0 Å². The normalized spacial score (nSPS) is 16.8. The van der Waals surface area contributed by atoms with Crippen LogP contribution < -0.4 is 10.3 Å². The van der Waals surface area contributed by atoms with Gasteiger partial charge in [-0.05, 0) is 43.2 Å². The van der Waals surface area contributed by atoms with Crippen molar-refractivity contribution in [2.45, 2.75) is 19.8 Å². The molecule has 5 nitrogen and oxygen atoms in total. The van der Waals surface area contributed by atoms with Gasteiger partial charge in [-0.25, -0.2) is 0 Å². The fourth-order valence-corrected chi connectivity index (χ4v) is 2.83. The number of nitrogens with zero attached hydrogens (tertiary/aromatic N) is 3. The van der Waals surface area contributed by atoms with Crippen LogP contribution in [0.1, 0.15) is 24.0 Å². The molecular weight excluding hydrogens is 290 g/mol. The molecule has 0 fully saturated rings. The molecule has 1 atom stereocenters. The van der Waals surface area contributed by atoms with Crippen molar-refractivity contribution < 1.29 is 4.74 Å².